The number of hydrogen-bond donors (Lipinski definition) is 1. The summed E-state index contributed by atoms with van der Waals surface area (Å²) in [5.74, 6) is 0. The Kier molecular flexibility index (Phi) is 2.42. The minimum absolute atomic E-state index is 0.212. The van der Waals surface area contributed by atoms with E-state index < -0.39 is 0 Å². The third-order valence-corrected chi connectivity index (χ3v) is 2.19. The van der Waals surface area contributed by atoms with Crippen LogP contribution >= 0.6 is 11.3 Å². The van der Waals surface area contributed by atoms with Gasteiger partial charge < -0.3 is 5.73 Å². The Hall–Kier alpha value is -1.11. The highest BCUT2D eigenvalue weighted by Gasteiger charge is 2.07. The molecule has 1 heterocycles. The fraction of sp³-hybridized carbons (Fsp3) is 0.125. The zero-order valence-electron chi connectivity index (χ0n) is 5.95. The molecule has 1 aromatic rings. The van der Waals surface area contributed by atoms with Crippen LogP contribution in [0.15, 0.2) is 23.4 Å². The average molecular weight is 164 g/mol. The second-order valence-electron chi connectivity index (χ2n) is 2.11. The lowest BCUT2D eigenvalue weighted by molar-refractivity contribution is 0.917. The molecule has 11 heavy (non-hydrogen) atoms. The molecule has 0 spiro atoms. The second-order valence-corrected chi connectivity index (χ2v) is 2.86. The van der Waals surface area contributed by atoms with Gasteiger partial charge >= 0.3 is 0 Å². The monoisotopic (exact) mass is 164 g/mol. The first-order valence-corrected chi connectivity index (χ1v) is 4.08. The molecule has 0 aliphatic carbocycles. The van der Waals surface area contributed by atoms with Crippen molar-refractivity contribution in [2.45, 2.75) is 6.04 Å². The molecule has 1 rings (SSSR count). The van der Waals surface area contributed by atoms with Crippen molar-refractivity contribution in [3.63, 3.8) is 0 Å². The van der Waals surface area contributed by atoms with Crippen molar-refractivity contribution in [2.24, 2.45) is 5.73 Å². The zero-order valence-corrected chi connectivity index (χ0v) is 6.77. The quantitative estimate of drug-likeness (QED) is 0.677. The van der Waals surface area contributed by atoms with Gasteiger partial charge in [0.15, 0.2) is 0 Å². The van der Waals surface area contributed by atoms with Crippen molar-refractivity contribution in [3.05, 3.63) is 34.5 Å². The largest absolute Gasteiger partial charge is 0.321 e. The van der Waals surface area contributed by atoms with E-state index in [1.165, 1.54) is 11.3 Å². The molecule has 0 aliphatic heterocycles. The van der Waals surface area contributed by atoms with Crippen LogP contribution in [-0.4, -0.2) is 0 Å². The fourth-order valence-corrected chi connectivity index (χ4v) is 1.61. The molecule has 0 unspecified atom stereocenters. The number of nitrogens with zero attached hydrogens (tertiary/aromatic N) is 1. The van der Waals surface area contributed by atoms with Gasteiger partial charge in [0.25, 0.3) is 0 Å². The van der Waals surface area contributed by atoms with E-state index in [-0.39, 0.29) is 6.04 Å². The molecule has 0 radical (unpaired) electrons. The molecule has 2 nitrogen and oxygen atoms in total. The van der Waals surface area contributed by atoms with Crippen molar-refractivity contribution < 1.29 is 0 Å². The number of nitriles is 1. The highest BCUT2D eigenvalue weighted by Crippen LogP contribution is 2.20. The molecule has 1 aromatic heterocycles. The van der Waals surface area contributed by atoms with Crippen molar-refractivity contribution in [1.82, 2.24) is 0 Å². The van der Waals surface area contributed by atoms with Crippen molar-refractivity contribution in [3.8, 4) is 6.07 Å². The zero-order chi connectivity index (χ0) is 8.27. The minimum atomic E-state index is -0.212. The Bertz CT molecular complexity index is 295. The van der Waals surface area contributed by atoms with Crippen LogP contribution < -0.4 is 5.73 Å². The summed E-state index contributed by atoms with van der Waals surface area (Å²) in [6, 6.07) is 1.86. The van der Waals surface area contributed by atoms with Gasteiger partial charge in [0.1, 0.15) is 6.07 Å². The lowest BCUT2D eigenvalue weighted by Gasteiger charge is -2.01. The van der Waals surface area contributed by atoms with E-state index in [9.17, 15) is 0 Å². The van der Waals surface area contributed by atoms with E-state index in [2.05, 4.69) is 12.6 Å². The summed E-state index contributed by atoms with van der Waals surface area (Å²) in [6.45, 7) is 3.56. The molecular weight excluding hydrogens is 156 g/mol. The van der Waals surface area contributed by atoms with E-state index in [0.29, 0.717) is 5.56 Å². The highest BCUT2D eigenvalue weighted by molar-refractivity contribution is 7.08. The first-order valence-electron chi connectivity index (χ1n) is 3.14. The van der Waals surface area contributed by atoms with Crippen molar-refractivity contribution >= 4 is 11.3 Å². The van der Waals surface area contributed by atoms with Crippen LogP contribution in [0.4, 0.5) is 0 Å². The summed E-state index contributed by atoms with van der Waals surface area (Å²) < 4.78 is 0. The van der Waals surface area contributed by atoms with Gasteiger partial charge in [-0.25, -0.2) is 0 Å². The summed E-state index contributed by atoms with van der Waals surface area (Å²) >= 11 is 1.48. The maximum Gasteiger partial charge on any atom is 0.100 e. The van der Waals surface area contributed by atoms with Crippen molar-refractivity contribution in [1.29, 1.82) is 5.26 Å². The Morgan fingerprint density at radius 3 is 3.00 bits per heavy atom. The summed E-state index contributed by atoms with van der Waals surface area (Å²) in [6.07, 6.45) is 1.63. The van der Waals surface area contributed by atoms with Gasteiger partial charge in [-0.3, -0.25) is 0 Å². The summed E-state index contributed by atoms with van der Waals surface area (Å²) in [4.78, 5) is 0. The predicted molar refractivity (Wildman–Crippen MR) is 46.2 cm³/mol. The van der Waals surface area contributed by atoms with Gasteiger partial charge in [-0.05, 0) is 5.38 Å². The molecule has 1 atom stereocenters. The molecule has 56 valence electrons. The third kappa shape index (κ3) is 1.48. The Morgan fingerprint density at radius 2 is 2.45 bits per heavy atom. The number of rotatable bonds is 2. The summed E-state index contributed by atoms with van der Waals surface area (Å²) in [5, 5.41) is 12.3. The number of hydrogen-bond acceptors (Lipinski definition) is 3. The normalized spacial score (nSPS) is 12.0. The topological polar surface area (TPSA) is 49.8 Å². The smallest absolute Gasteiger partial charge is 0.100 e. The average Bonchev–Trinajstić information content (AvgIpc) is 2.50. The lowest BCUT2D eigenvalue weighted by atomic mass is 10.1. The van der Waals surface area contributed by atoms with Crippen LogP contribution in [0.2, 0.25) is 0 Å². The van der Waals surface area contributed by atoms with Gasteiger partial charge in [0.2, 0.25) is 0 Å². The van der Waals surface area contributed by atoms with Gasteiger partial charge in [0, 0.05) is 17.0 Å². The first kappa shape index (κ1) is 7.99. The van der Waals surface area contributed by atoms with E-state index in [1.807, 2.05) is 5.38 Å². The minimum Gasteiger partial charge on any atom is -0.321 e. The molecule has 0 aliphatic rings. The van der Waals surface area contributed by atoms with E-state index in [0.717, 1.165) is 5.56 Å². The second kappa shape index (κ2) is 3.33. The lowest BCUT2D eigenvalue weighted by Crippen LogP contribution is -2.06. The highest BCUT2D eigenvalue weighted by atomic mass is 32.1. The summed E-state index contributed by atoms with van der Waals surface area (Å²) in [7, 11) is 0. The molecule has 0 aromatic carbocycles. The Labute approximate surface area is 69.6 Å². The van der Waals surface area contributed by atoms with Crippen LogP contribution in [0.25, 0.3) is 0 Å². The maximum atomic E-state index is 8.62. The van der Waals surface area contributed by atoms with Crippen LogP contribution in [0.5, 0.6) is 0 Å². The Morgan fingerprint density at radius 1 is 1.73 bits per heavy atom. The van der Waals surface area contributed by atoms with Crippen molar-refractivity contribution in [2.75, 3.05) is 0 Å². The third-order valence-electron chi connectivity index (χ3n) is 1.43. The van der Waals surface area contributed by atoms with Gasteiger partial charge in [-0.2, -0.15) is 16.6 Å². The molecule has 0 saturated carbocycles. The van der Waals surface area contributed by atoms with E-state index >= 15 is 0 Å². The van der Waals surface area contributed by atoms with Crippen LogP contribution in [-0.2, 0) is 0 Å². The van der Waals surface area contributed by atoms with Gasteiger partial charge in [0.05, 0.1) is 5.56 Å². The fourth-order valence-electron chi connectivity index (χ4n) is 0.783. The predicted octanol–water partition coefficient (Wildman–Crippen LogP) is 1.81. The van der Waals surface area contributed by atoms with E-state index in [1.54, 1.807) is 11.5 Å². The molecule has 3 heteroatoms. The molecule has 0 bridgehead atoms. The molecular formula is C8H8N2S. The SMILES string of the molecule is C=C[C@H](N)c1cscc1C#N. The van der Waals surface area contributed by atoms with Crippen LogP contribution in [0.3, 0.4) is 0 Å². The number of thiophene rings is 1. The standard InChI is InChI=1S/C8H8N2S/c1-2-8(10)7-5-11-4-6(7)3-9/h2,4-5,8H,1,10H2/t8-/m0/s1. The molecule has 0 fully saturated rings. The molecule has 0 saturated heterocycles. The Balaban J connectivity index is 3.04. The van der Waals surface area contributed by atoms with Gasteiger partial charge in [-0.15, -0.1) is 6.58 Å². The molecule has 2 N–H and O–H groups in total. The summed E-state index contributed by atoms with van der Waals surface area (Å²) in [5.41, 5.74) is 7.18. The number of nitrogens with two attached hydrogens (primary N) is 1. The van der Waals surface area contributed by atoms with Crippen LogP contribution in [0.1, 0.15) is 17.2 Å². The van der Waals surface area contributed by atoms with E-state index in [4.69, 9.17) is 11.0 Å². The van der Waals surface area contributed by atoms with Gasteiger partial charge in [-0.1, -0.05) is 6.08 Å². The van der Waals surface area contributed by atoms with Crippen LogP contribution in [0, 0.1) is 11.3 Å². The first-order chi connectivity index (χ1) is 5.29. The maximum absolute atomic E-state index is 8.62. The molecule has 0 amide bonds.